The molecule has 0 aliphatic heterocycles. The number of ether oxygens (including phenoxy) is 1. The molecule has 2 aromatic carbocycles. The lowest BCUT2D eigenvalue weighted by Crippen LogP contribution is -2.27. The summed E-state index contributed by atoms with van der Waals surface area (Å²) >= 11 is 0. The van der Waals surface area contributed by atoms with Gasteiger partial charge in [-0.25, -0.2) is 12.8 Å². The molecular formula is C18H22FNO3S. The van der Waals surface area contributed by atoms with E-state index in [1.807, 2.05) is 19.9 Å². The summed E-state index contributed by atoms with van der Waals surface area (Å²) < 4.78 is 46.0. The molecule has 24 heavy (non-hydrogen) atoms. The highest BCUT2D eigenvalue weighted by Gasteiger charge is 2.26. The molecule has 0 heterocycles. The van der Waals surface area contributed by atoms with Crippen LogP contribution in [0.1, 0.15) is 30.9 Å². The van der Waals surface area contributed by atoms with Crippen molar-refractivity contribution in [2.24, 2.45) is 0 Å². The van der Waals surface area contributed by atoms with Gasteiger partial charge in [0.15, 0.2) is 0 Å². The Morgan fingerprint density at radius 1 is 1.17 bits per heavy atom. The van der Waals surface area contributed by atoms with E-state index in [0.717, 1.165) is 9.87 Å². The molecule has 0 aromatic heterocycles. The summed E-state index contributed by atoms with van der Waals surface area (Å²) in [6, 6.07) is 11.3. The second-order valence-electron chi connectivity index (χ2n) is 5.92. The average molecular weight is 351 g/mol. The van der Waals surface area contributed by atoms with Gasteiger partial charge in [0.05, 0.1) is 7.11 Å². The van der Waals surface area contributed by atoms with Gasteiger partial charge in [0, 0.05) is 19.2 Å². The number of rotatable bonds is 6. The van der Waals surface area contributed by atoms with Gasteiger partial charge in [0.25, 0.3) is 0 Å². The third-order valence-corrected chi connectivity index (χ3v) is 5.72. The Balaban J connectivity index is 2.42. The predicted octanol–water partition coefficient (Wildman–Crippen LogP) is 3.78. The molecule has 0 saturated heterocycles. The standard InChI is InChI=1S/C18H22FNO3S/c1-13(2)14-9-10-17(23-4)18(11-14)24(21,22)20(3)12-15-7-5-6-8-16(15)19/h5-11,13H,12H2,1-4H3. The van der Waals surface area contributed by atoms with Crippen LogP contribution in [0.5, 0.6) is 5.75 Å². The van der Waals surface area contributed by atoms with Crippen LogP contribution < -0.4 is 4.74 Å². The van der Waals surface area contributed by atoms with Gasteiger partial charge in [-0.05, 0) is 29.7 Å². The summed E-state index contributed by atoms with van der Waals surface area (Å²) in [7, 11) is -0.946. The Morgan fingerprint density at radius 3 is 2.42 bits per heavy atom. The molecule has 0 amide bonds. The van der Waals surface area contributed by atoms with Crippen LogP contribution in [0.3, 0.4) is 0 Å². The van der Waals surface area contributed by atoms with E-state index in [4.69, 9.17) is 4.74 Å². The molecule has 0 N–H and O–H groups in total. The fourth-order valence-electron chi connectivity index (χ4n) is 2.37. The van der Waals surface area contributed by atoms with E-state index in [1.54, 1.807) is 30.3 Å². The van der Waals surface area contributed by atoms with Crippen LogP contribution in [-0.2, 0) is 16.6 Å². The van der Waals surface area contributed by atoms with Gasteiger partial charge in [-0.15, -0.1) is 0 Å². The van der Waals surface area contributed by atoms with Gasteiger partial charge in [0.1, 0.15) is 16.5 Å². The van der Waals surface area contributed by atoms with Gasteiger partial charge in [-0.2, -0.15) is 4.31 Å². The highest BCUT2D eigenvalue weighted by atomic mass is 32.2. The number of benzene rings is 2. The van der Waals surface area contributed by atoms with Gasteiger partial charge in [0.2, 0.25) is 10.0 Å². The summed E-state index contributed by atoms with van der Waals surface area (Å²) in [6.45, 7) is 3.92. The normalized spacial score (nSPS) is 12.0. The van der Waals surface area contributed by atoms with E-state index in [9.17, 15) is 12.8 Å². The zero-order valence-corrected chi connectivity index (χ0v) is 15.1. The van der Waals surface area contributed by atoms with E-state index >= 15 is 0 Å². The largest absolute Gasteiger partial charge is 0.495 e. The van der Waals surface area contributed by atoms with Crippen molar-refractivity contribution in [3.8, 4) is 5.75 Å². The zero-order chi connectivity index (χ0) is 17.9. The van der Waals surface area contributed by atoms with Crippen LogP contribution in [-0.4, -0.2) is 26.9 Å². The molecule has 130 valence electrons. The van der Waals surface area contributed by atoms with Gasteiger partial charge >= 0.3 is 0 Å². The highest BCUT2D eigenvalue weighted by molar-refractivity contribution is 7.89. The molecule has 2 aromatic rings. The smallest absolute Gasteiger partial charge is 0.246 e. The third kappa shape index (κ3) is 3.76. The summed E-state index contributed by atoms with van der Waals surface area (Å²) in [5.41, 5.74) is 1.22. The van der Waals surface area contributed by atoms with Crippen LogP contribution in [0.4, 0.5) is 4.39 Å². The molecule has 6 heteroatoms. The number of sulfonamides is 1. The molecule has 0 fully saturated rings. The summed E-state index contributed by atoms with van der Waals surface area (Å²) in [5.74, 6) is 0.0314. The number of hydrogen-bond donors (Lipinski definition) is 0. The second kappa shape index (κ2) is 7.32. The average Bonchev–Trinajstić information content (AvgIpc) is 2.56. The van der Waals surface area contributed by atoms with Crippen LogP contribution in [0.2, 0.25) is 0 Å². The Hall–Kier alpha value is -1.92. The molecule has 0 saturated carbocycles. The number of nitrogens with zero attached hydrogens (tertiary/aromatic N) is 1. The molecule has 4 nitrogen and oxygen atoms in total. The van der Waals surface area contributed by atoms with E-state index in [2.05, 4.69) is 0 Å². The summed E-state index contributed by atoms with van der Waals surface area (Å²) in [5, 5.41) is 0. The predicted molar refractivity (Wildman–Crippen MR) is 92.1 cm³/mol. The zero-order valence-electron chi connectivity index (χ0n) is 14.3. The van der Waals surface area contributed by atoms with Gasteiger partial charge in [-0.1, -0.05) is 38.1 Å². The fourth-order valence-corrected chi connectivity index (χ4v) is 3.71. The van der Waals surface area contributed by atoms with Crippen molar-refractivity contribution in [2.75, 3.05) is 14.2 Å². The lowest BCUT2D eigenvalue weighted by molar-refractivity contribution is 0.396. The first-order valence-corrected chi connectivity index (χ1v) is 9.09. The van der Waals surface area contributed by atoms with Gasteiger partial charge in [-0.3, -0.25) is 0 Å². The SMILES string of the molecule is COc1ccc(C(C)C)cc1S(=O)(=O)N(C)Cc1ccccc1F. The molecule has 0 unspecified atom stereocenters. The van der Waals surface area contributed by atoms with Crippen LogP contribution in [0, 0.1) is 5.82 Å². The van der Waals surface area contributed by atoms with E-state index < -0.39 is 15.8 Å². The second-order valence-corrected chi connectivity index (χ2v) is 7.93. The van der Waals surface area contributed by atoms with Crippen molar-refractivity contribution in [3.63, 3.8) is 0 Å². The molecular weight excluding hydrogens is 329 g/mol. The minimum atomic E-state index is -3.81. The minimum Gasteiger partial charge on any atom is -0.495 e. The molecule has 0 spiro atoms. The van der Waals surface area contributed by atoms with Gasteiger partial charge < -0.3 is 4.74 Å². The lowest BCUT2D eigenvalue weighted by Gasteiger charge is -2.20. The number of halogens is 1. The molecule has 0 aliphatic carbocycles. The van der Waals surface area contributed by atoms with Crippen LogP contribution >= 0.6 is 0 Å². The highest BCUT2D eigenvalue weighted by Crippen LogP contribution is 2.30. The fraction of sp³-hybridized carbons (Fsp3) is 0.333. The molecule has 0 radical (unpaired) electrons. The lowest BCUT2D eigenvalue weighted by atomic mass is 10.0. The topological polar surface area (TPSA) is 46.6 Å². The Labute approximate surface area is 142 Å². The van der Waals surface area contributed by atoms with Crippen LogP contribution in [0.15, 0.2) is 47.4 Å². The maximum Gasteiger partial charge on any atom is 0.246 e. The summed E-state index contributed by atoms with van der Waals surface area (Å²) in [6.07, 6.45) is 0. The Kier molecular flexibility index (Phi) is 5.62. The van der Waals surface area contributed by atoms with Crippen molar-refractivity contribution in [3.05, 3.63) is 59.4 Å². The molecule has 0 bridgehead atoms. The Morgan fingerprint density at radius 2 is 1.83 bits per heavy atom. The number of hydrogen-bond acceptors (Lipinski definition) is 3. The Bertz CT molecular complexity index is 819. The minimum absolute atomic E-state index is 0.0515. The monoisotopic (exact) mass is 351 g/mol. The van der Waals surface area contributed by atoms with Crippen molar-refractivity contribution in [1.82, 2.24) is 4.31 Å². The number of methoxy groups -OCH3 is 1. The summed E-state index contributed by atoms with van der Waals surface area (Å²) in [4.78, 5) is 0.0926. The molecule has 0 aliphatic rings. The van der Waals surface area contributed by atoms with Crippen LogP contribution in [0.25, 0.3) is 0 Å². The first kappa shape index (κ1) is 18.4. The maximum absolute atomic E-state index is 13.8. The molecule has 2 rings (SSSR count). The van der Waals surface area contributed by atoms with Crippen molar-refractivity contribution in [2.45, 2.75) is 31.2 Å². The van der Waals surface area contributed by atoms with Crippen molar-refractivity contribution >= 4 is 10.0 Å². The van der Waals surface area contributed by atoms with E-state index in [1.165, 1.54) is 20.2 Å². The first-order valence-electron chi connectivity index (χ1n) is 7.65. The van der Waals surface area contributed by atoms with E-state index in [-0.39, 0.29) is 23.1 Å². The first-order chi connectivity index (χ1) is 11.3. The quantitative estimate of drug-likeness (QED) is 0.796. The maximum atomic E-state index is 13.8. The van der Waals surface area contributed by atoms with Crippen molar-refractivity contribution in [1.29, 1.82) is 0 Å². The van der Waals surface area contributed by atoms with Crippen molar-refractivity contribution < 1.29 is 17.5 Å². The molecule has 0 atom stereocenters. The van der Waals surface area contributed by atoms with E-state index in [0.29, 0.717) is 5.56 Å². The third-order valence-electron chi connectivity index (χ3n) is 3.89.